The predicted molar refractivity (Wildman–Crippen MR) is 96.2 cm³/mol. The van der Waals surface area contributed by atoms with Crippen LogP contribution in [0.3, 0.4) is 0 Å². The minimum atomic E-state index is -0.313. The van der Waals surface area contributed by atoms with E-state index in [-0.39, 0.29) is 24.1 Å². The van der Waals surface area contributed by atoms with Crippen LogP contribution in [0.2, 0.25) is 0 Å². The molecular weight excluding hydrogens is 312 g/mol. The number of fused-ring (bicyclic) bond motifs is 1. The molecule has 1 saturated carbocycles. The van der Waals surface area contributed by atoms with Crippen molar-refractivity contribution in [2.24, 2.45) is 0 Å². The van der Waals surface area contributed by atoms with Gasteiger partial charge in [-0.1, -0.05) is 37.5 Å². The maximum Gasteiger partial charge on any atom is 0.262 e. The van der Waals surface area contributed by atoms with Gasteiger partial charge in [-0.2, -0.15) is 10.5 Å². The van der Waals surface area contributed by atoms with E-state index >= 15 is 0 Å². The zero-order valence-corrected chi connectivity index (χ0v) is 14.0. The molecule has 0 atom stereocenters. The van der Waals surface area contributed by atoms with Crippen LogP contribution in [0.4, 0.5) is 0 Å². The standard InChI is InChI=1S/C20H20N4O/c21-10-11-24-14-16(18-8-4-5-9-19(18)24)12-15(13-22)20(25)23-17-6-2-1-3-7-17/h4-5,8-9,12,14,17H,1-3,6-7,11H2,(H,23,25)/b15-12-. The zero-order chi connectivity index (χ0) is 17.6. The molecule has 0 radical (unpaired) electrons. The van der Waals surface area contributed by atoms with Crippen LogP contribution in [0, 0.1) is 22.7 Å². The Morgan fingerprint density at radius 2 is 2.00 bits per heavy atom. The van der Waals surface area contributed by atoms with E-state index in [1.54, 1.807) is 6.08 Å². The van der Waals surface area contributed by atoms with Gasteiger partial charge < -0.3 is 9.88 Å². The summed E-state index contributed by atoms with van der Waals surface area (Å²) in [6.45, 7) is 0.227. The number of hydrogen-bond acceptors (Lipinski definition) is 3. The maximum atomic E-state index is 12.5. The van der Waals surface area contributed by atoms with E-state index < -0.39 is 0 Å². The lowest BCUT2D eigenvalue weighted by Gasteiger charge is -2.22. The molecule has 1 amide bonds. The first-order chi connectivity index (χ1) is 12.2. The lowest BCUT2D eigenvalue weighted by molar-refractivity contribution is -0.117. The normalized spacial score (nSPS) is 15.5. The molecule has 0 aliphatic heterocycles. The second kappa shape index (κ2) is 7.68. The van der Waals surface area contributed by atoms with Gasteiger partial charge in [-0.25, -0.2) is 0 Å². The first kappa shape index (κ1) is 16.8. The number of para-hydroxylation sites is 1. The summed E-state index contributed by atoms with van der Waals surface area (Å²) in [7, 11) is 0. The molecule has 0 bridgehead atoms. The Hall–Kier alpha value is -3.05. The molecule has 1 aromatic heterocycles. The summed E-state index contributed by atoms with van der Waals surface area (Å²) in [5.74, 6) is -0.313. The number of carbonyl (C=O) groups is 1. The average Bonchev–Trinajstić information content (AvgIpc) is 2.98. The third-order valence-corrected chi connectivity index (χ3v) is 4.67. The van der Waals surface area contributed by atoms with E-state index in [2.05, 4.69) is 11.4 Å². The number of aromatic nitrogens is 1. The molecule has 3 rings (SSSR count). The van der Waals surface area contributed by atoms with E-state index in [1.165, 1.54) is 6.42 Å². The van der Waals surface area contributed by atoms with Crippen molar-refractivity contribution < 1.29 is 4.79 Å². The highest BCUT2D eigenvalue weighted by Gasteiger charge is 2.18. The molecule has 126 valence electrons. The van der Waals surface area contributed by atoms with Gasteiger partial charge in [-0.3, -0.25) is 4.79 Å². The lowest BCUT2D eigenvalue weighted by atomic mass is 9.95. The predicted octanol–water partition coefficient (Wildman–Crippen LogP) is 3.52. The van der Waals surface area contributed by atoms with E-state index in [1.807, 2.05) is 41.1 Å². The second-order valence-corrected chi connectivity index (χ2v) is 6.37. The summed E-state index contributed by atoms with van der Waals surface area (Å²) in [4.78, 5) is 12.5. The number of nitriles is 2. The molecule has 0 unspecified atom stereocenters. The van der Waals surface area contributed by atoms with Crippen molar-refractivity contribution in [1.82, 2.24) is 9.88 Å². The van der Waals surface area contributed by atoms with Crippen molar-refractivity contribution in [2.75, 3.05) is 0 Å². The van der Waals surface area contributed by atoms with E-state index in [4.69, 9.17) is 5.26 Å². The van der Waals surface area contributed by atoms with Gasteiger partial charge in [-0.15, -0.1) is 0 Å². The number of benzene rings is 1. The maximum absolute atomic E-state index is 12.5. The Morgan fingerprint density at radius 1 is 1.24 bits per heavy atom. The van der Waals surface area contributed by atoms with Crippen molar-refractivity contribution >= 4 is 22.9 Å². The highest BCUT2D eigenvalue weighted by molar-refractivity contribution is 6.04. The fourth-order valence-corrected chi connectivity index (χ4v) is 3.41. The fourth-order valence-electron chi connectivity index (χ4n) is 3.41. The molecule has 2 aromatic rings. The summed E-state index contributed by atoms with van der Waals surface area (Å²) < 4.78 is 1.83. The van der Waals surface area contributed by atoms with E-state index in [0.29, 0.717) is 0 Å². The Labute approximate surface area is 147 Å². The van der Waals surface area contributed by atoms with Crippen molar-refractivity contribution in [2.45, 2.75) is 44.7 Å². The highest BCUT2D eigenvalue weighted by atomic mass is 16.1. The number of nitrogens with one attached hydrogen (secondary N) is 1. The Bertz CT molecular complexity index is 889. The van der Waals surface area contributed by atoms with Gasteiger partial charge in [0.1, 0.15) is 18.2 Å². The molecule has 5 heteroatoms. The van der Waals surface area contributed by atoms with Gasteiger partial charge in [0, 0.05) is 28.7 Å². The smallest absolute Gasteiger partial charge is 0.262 e. The SMILES string of the molecule is N#CCn1cc(/C=C(/C#N)C(=O)NC2CCCCC2)c2ccccc21. The van der Waals surface area contributed by atoms with E-state index in [9.17, 15) is 10.1 Å². The van der Waals surface area contributed by atoms with Gasteiger partial charge in [-0.05, 0) is 25.0 Å². The van der Waals surface area contributed by atoms with Crippen LogP contribution >= 0.6 is 0 Å². The summed E-state index contributed by atoms with van der Waals surface area (Å²) in [5, 5.41) is 22.3. The van der Waals surface area contributed by atoms with Crippen LogP contribution in [-0.4, -0.2) is 16.5 Å². The number of hydrogen-bond donors (Lipinski definition) is 1. The summed E-state index contributed by atoms with van der Waals surface area (Å²) >= 11 is 0. The van der Waals surface area contributed by atoms with E-state index in [0.717, 1.165) is 42.1 Å². The molecule has 1 aromatic carbocycles. The van der Waals surface area contributed by atoms with Crippen molar-refractivity contribution in [3.05, 3.63) is 41.6 Å². The Kier molecular flexibility index (Phi) is 5.16. The molecule has 1 N–H and O–H groups in total. The molecule has 25 heavy (non-hydrogen) atoms. The van der Waals surface area contributed by atoms with Crippen LogP contribution in [0.1, 0.15) is 37.7 Å². The molecule has 1 aliphatic carbocycles. The number of nitrogens with zero attached hydrogens (tertiary/aromatic N) is 3. The van der Waals surface area contributed by atoms with Gasteiger partial charge in [0.05, 0.1) is 6.07 Å². The van der Waals surface area contributed by atoms with Gasteiger partial charge in [0.2, 0.25) is 0 Å². The second-order valence-electron chi connectivity index (χ2n) is 6.37. The molecule has 0 saturated heterocycles. The molecule has 1 fully saturated rings. The number of carbonyl (C=O) groups excluding carboxylic acids is 1. The third kappa shape index (κ3) is 3.72. The molecular formula is C20H20N4O. The molecule has 1 aliphatic rings. The largest absolute Gasteiger partial charge is 0.349 e. The highest BCUT2D eigenvalue weighted by Crippen LogP contribution is 2.24. The minimum absolute atomic E-state index is 0.102. The van der Waals surface area contributed by atoms with Gasteiger partial charge in [0.15, 0.2) is 0 Å². The summed E-state index contributed by atoms with van der Waals surface area (Å²) in [6, 6.07) is 12.0. The Balaban J connectivity index is 1.89. The van der Waals surface area contributed by atoms with Crippen LogP contribution in [0.25, 0.3) is 17.0 Å². The van der Waals surface area contributed by atoms with Crippen molar-refractivity contribution in [1.29, 1.82) is 10.5 Å². The number of amides is 1. The van der Waals surface area contributed by atoms with Gasteiger partial charge in [0.25, 0.3) is 5.91 Å². The fraction of sp³-hybridized carbons (Fsp3) is 0.350. The number of rotatable bonds is 4. The van der Waals surface area contributed by atoms with Crippen LogP contribution < -0.4 is 5.32 Å². The monoisotopic (exact) mass is 332 g/mol. The zero-order valence-electron chi connectivity index (χ0n) is 14.0. The molecule has 1 heterocycles. The minimum Gasteiger partial charge on any atom is -0.349 e. The molecule has 5 nitrogen and oxygen atoms in total. The summed E-state index contributed by atoms with van der Waals surface area (Å²) in [6.07, 6.45) is 8.85. The first-order valence-electron chi connectivity index (χ1n) is 8.60. The average molecular weight is 332 g/mol. The topological polar surface area (TPSA) is 81.6 Å². The Morgan fingerprint density at radius 3 is 2.72 bits per heavy atom. The van der Waals surface area contributed by atoms with Gasteiger partial charge >= 0.3 is 0 Å². The quantitative estimate of drug-likeness (QED) is 0.687. The summed E-state index contributed by atoms with van der Waals surface area (Å²) in [5.41, 5.74) is 1.80. The first-order valence-corrected chi connectivity index (χ1v) is 8.60. The molecule has 0 spiro atoms. The van der Waals surface area contributed by atoms with Crippen LogP contribution in [-0.2, 0) is 11.3 Å². The van der Waals surface area contributed by atoms with Crippen molar-refractivity contribution in [3.8, 4) is 12.1 Å². The van der Waals surface area contributed by atoms with Crippen LogP contribution in [0.15, 0.2) is 36.0 Å². The third-order valence-electron chi connectivity index (χ3n) is 4.67. The lowest BCUT2D eigenvalue weighted by Crippen LogP contribution is -2.36. The van der Waals surface area contributed by atoms with Crippen molar-refractivity contribution in [3.63, 3.8) is 0 Å². The van der Waals surface area contributed by atoms with Crippen LogP contribution in [0.5, 0.6) is 0 Å².